The van der Waals surface area contributed by atoms with Gasteiger partial charge in [0, 0.05) is 16.5 Å². The van der Waals surface area contributed by atoms with Gasteiger partial charge in [-0.25, -0.2) is 9.18 Å². The number of aromatic amines is 1. The van der Waals surface area contributed by atoms with E-state index in [1.165, 1.54) is 19.2 Å². The van der Waals surface area contributed by atoms with Gasteiger partial charge in [-0.15, -0.1) is 0 Å². The molecule has 0 saturated heterocycles. The van der Waals surface area contributed by atoms with Crippen molar-refractivity contribution >= 4 is 16.9 Å². The fourth-order valence-electron chi connectivity index (χ4n) is 3.29. The molecule has 1 aromatic heterocycles. The lowest BCUT2D eigenvalue weighted by Crippen LogP contribution is -2.03. The number of hydrogen-bond acceptors (Lipinski definition) is 2. The van der Waals surface area contributed by atoms with Gasteiger partial charge in [-0.05, 0) is 41.8 Å². The number of H-pyrrole nitrogens is 1. The second-order valence-electron chi connectivity index (χ2n) is 6.50. The topological polar surface area (TPSA) is 42.1 Å². The van der Waals surface area contributed by atoms with Crippen LogP contribution < -0.4 is 0 Å². The van der Waals surface area contributed by atoms with E-state index in [9.17, 15) is 9.18 Å². The van der Waals surface area contributed by atoms with Crippen LogP contribution in [0.3, 0.4) is 0 Å². The van der Waals surface area contributed by atoms with Crippen LogP contribution in [0.5, 0.6) is 0 Å². The van der Waals surface area contributed by atoms with Crippen LogP contribution in [0.4, 0.5) is 4.39 Å². The quantitative estimate of drug-likeness (QED) is 0.474. The minimum absolute atomic E-state index is 0.269. The Kier molecular flexibility index (Phi) is 4.24. The molecule has 134 valence electrons. The molecule has 0 fully saturated rings. The lowest BCUT2D eigenvalue weighted by Gasteiger charge is -2.05. The van der Waals surface area contributed by atoms with Gasteiger partial charge in [0.25, 0.3) is 0 Å². The average molecular weight is 359 g/mol. The molecular weight excluding hydrogens is 341 g/mol. The van der Waals surface area contributed by atoms with Crippen LogP contribution in [0.1, 0.15) is 16.1 Å². The fraction of sp³-hybridized carbons (Fsp3) is 0.0870. The number of aromatic nitrogens is 1. The van der Waals surface area contributed by atoms with E-state index >= 15 is 0 Å². The van der Waals surface area contributed by atoms with Crippen molar-refractivity contribution in [3.63, 3.8) is 0 Å². The van der Waals surface area contributed by atoms with Gasteiger partial charge >= 0.3 is 5.97 Å². The van der Waals surface area contributed by atoms with E-state index in [0.29, 0.717) is 5.69 Å². The molecule has 4 rings (SSSR count). The zero-order chi connectivity index (χ0) is 19.0. The first-order valence-corrected chi connectivity index (χ1v) is 8.64. The summed E-state index contributed by atoms with van der Waals surface area (Å²) in [5.41, 5.74) is 6.02. The summed E-state index contributed by atoms with van der Waals surface area (Å²) >= 11 is 0. The minimum atomic E-state index is -0.412. The Morgan fingerprint density at radius 2 is 1.52 bits per heavy atom. The maximum absolute atomic E-state index is 13.2. The zero-order valence-electron chi connectivity index (χ0n) is 15.0. The molecular formula is C23H18FNO2. The van der Waals surface area contributed by atoms with E-state index in [1.807, 2.05) is 49.4 Å². The highest BCUT2D eigenvalue weighted by Gasteiger charge is 2.20. The van der Waals surface area contributed by atoms with Crippen LogP contribution in [0, 0.1) is 12.7 Å². The number of carbonyl (C=O) groups is 1. The van der Waals surface area contributed by atoms with Crippen molar-refractivity contribution in [1.82, 2.24) is 4.98 Å². The molecule has 3 nitrogen and oxygen atoms in total. The number of halogens is 1. The Balaban J connectivity index is 1.91. The summed E-state index contributed by atoms with van der Waals surface area (Å²) in [7, 11) is 1.37. The number of nitrogens with one attached hydrogen (secondary N) is 1. The molecule has 0 aliphatic carbocycles. The predicted molar refractivity (Wildman–Crippen MR) is 105 cm³/mol. The van der Waals surface area contributed by atoms with Crippen molar-refractivity contribution in [2.24, 2.45) is 0 Å². The third-order valence-electron chi connectivity index (χ3n) is 4.71. The van der Waals surface area contributed by atoms with E-state index in [4.69, 9.17) is 4.74 Å². The lowest BCUT2D eigenvalue weighted by molar-refractivity contribution is 0.0596. The predicted octanol–water partition coefficient (Wildman–Crippen LogP) is 5.74. The molecule has 0 bridgehead atoms. The third kappa shape index (κ3) is 3.10. The van der Waals surface area contributed by atoms with Crippen LogP contribution in [0.2, 0.25) is 0 Å². The van der Waals surface area contributed by atoms with Gasteiger partial charge in [0.05, 0.1) is 7.11 Å². The van der Waals surface area contributed by atoms with Crippen molar-refractivity contribution in [2.45, 2.75) is 6.92 Å². The monoisotopic (exact) mass is 359 g/mol. The van der Waals surface area contributed by atoms with Gasteiger partial charge < -0.3 is 9.72 Å². The smallest absolute Gasteiger partial charge is 0.355 e. The molecule has 4 heteroatoms. The van der Waals surface area contributed by atoms with Crippen LogP contribution in [-0.4, -0.2) is 18.1 Å². The molecule has 4 aromatic rings. The number of methoxy groups -OCH3 is 1. The summed E-state index contributed by atoms with van der Waals surface area (Å²) in [6.45, 7) is 2.02. The number of benzene rings is 3. The second kappa shape index (κ2) is 6.72. The first-order chi connectivity index (χ1) is 13.1. The van der Waals surface area contributed by atoms with Gasteiger partial charge in [-0.3, -0.25) is 0 Å². The summed E-state index contributed by atoms with van der Waals surface area (Å²) < 4.78 is 18.2. The maximum Gasteiger partial charge on any atom is 0.355 e. The Hall–Kier alpha value is -3.40. The SMILES string of the molecule is COC(=O)c1[nH]c2cc(-c3ccc(F)cc3)ccc2c1-c1ccc(C)cc1. The zero-order valence-corrected chi connectivity index (χ0v) is 15.0. The van der Waals surface area contributed by atoms with E-state index in [1.54, 1.807) is 12.1 Å². The average Bonchev–Trinajstić information content (AvgIpc) is 3.07. The van der Waals surface area contributed by atoms with Crippen LogP contribution in [-0.2, 0) is 4.74 Å². The Labute approximate surface area is 156 Å². The van der Waals surface area contributed by atoms with E-state index in [-0.39, 0.29) is 5.82 Å². The summed E-state index contributed by atoms with van der Waals surface area (Å²) in [6.07, 6.45) is 0. The van der Waals surface area contributed by atoms with Gasteiger partial charge in [-0.2, -0.15) is 0 Å². The van der Waals surface area contributed by atoms with E-state index < -0.39 is 5.97 Å². The Morgan fingerprint density at radius 3 is 2.19 bits per heavy atom. The largest absolute Gasteiger partial charge is 0.464 e. The lowest BCUT2D eigenvalue weighted by atomic mass is 9.98. The first-order valence-electron chi connectivity index (χ1n) is 8.64. The molecule has 1 N–H and O–H groups in total. The minimum Gasteiger partial charge on any atom is -0.464 e. The highest BCUT2D eigenvalue weighted by Crippen LogP contribution is 2.35. The van der Waals surface area contributed by atoms with Crippen LogP contribution in [0.25, 0.3) is 33.2 Å². The van der Waals surface area contributed by atoms with Crippen LogP contribution in [0.15, 0.2) is 66.7 Å². The number of carbonyl (C=O) groups excluding carboxylic acids is 1. The van der Waals surface area contributed by atoms with Gasteiger partial charge in [-0.1, -0.05) is 54.1 Å². The van der Waals surface area contributed by atoms with Crippen molar-refractivity contribution in [3.8, 4) is 22.3 Å². The molecule has 1 heterocycles. The fourth-order valence-corrected chi connectivity index (χ4v) is 3.29. The molecule has 0 spiro atoms. The molecule has 0 saturated carbocycles. The van der Waals surface area contributed by atoms with E-state index in [0.717, 1.165) is 38.7 Å². The van der Waals surface area contributed by atoms with Gasteiger partial charge in [0.2, 0.25) is 0 Å². The van der Waals surface area contributed by atoms with Crippen LogP contribution >= 0.6 is 0 Å². The molecule has 0 radical (unpaired) electrons. The number of esters is 1. The first kappa shape index (κ1) is 17.0. The molecule has 0 amide bonds. The number of rotatable bonds is 3. The summed E-state index contributed by atoms with van der Waals surface area (Å²) in [6, 6.07) is 20.3. The molecule has 0 aliphatic heterocycles. The Morgan fingerprint density at radius 1 is 0.889 bits per heavy atom. The number of fused-ring (bicyclic) bond motifs is 1. The van der Waals surface area contributed by atoms with Crippen molar-refractivity contribution in [2.75, 3.05) is 7.11 Å². The molecule has 27 heavy (non-hydrogen) atoms. The second-order valence-corrected chi connectivity index (χ2v) is 6.50. The highest BCUT2D eigenvalue weighted by atomic mass is 19.1. The standard InChI is InChI=1S/C23H18FNO2/c1-14-3-5-16(6-4-14)21-19-12-9-17(15-7-10-18(24)11-8-15)13-20(19)25-22(21)23(26)27-2/h3-13,25H,1-2H3. The highest BCUT2D eigenvalue weighted by molar-refractivity contribution is 6.08. The van der Waals surface area contributed by atoms with E-state index in [2.05, 4.69) is 4.98 Å². The number of aryl methyl sites for hydroxylation is 1. The normalized spacial score (nSPS) is 10.9. The molecule has 0 unspecified atom stereocenters. The van der Waals surface area contributed by atoms with Crippen molar-refractivity contribution in [3.05, 3.63) is 83.8 Å². The van der Waals surface area contributed by atoms with Crippen molar-refractivity contribution < 1.29 is 13.9 Å². The molecule has 0 aliphatic rings. The number of hydrogen-bond donors (Lipinski definition) is 1. The van der Waals surface area contributed by atoms with Gasteiger partial charge in [0.15, 0.2) is 0 Å². The summed E-state index contributed by atoms with van der Waals surface area (Å²) in [5.74, 6) is -0.681. The third-order valence-corrected chi connectivity index (χ3v) is 4.71. The summed E-state index contributed by atoms with van der Waals surface area (Å²) in [4.78, 5) is 15.5. The van der Waals surface area contributed by atoms with Gasteiger partial charge in [0.1, 0.15) is 11.5 Å². The molecule has 3 aromatic carbocycles. The Bertz CT molecular complexity index is 1130. The van der Waals surface area contributed by atoms with Crippen molar-refractivity contribution in [1.29, 1.82) is 0 Å². The maximum atomic E-state index is 13.2. The number of ether oxygens (including phenoxy) is 1. The molecule has 0 atom stereocenters. The summed E-state index contributed by atoms with van der Waals surface area (Å²) in [5, 5.41) is 0.935.